The Bertz CT molecular complexity index is 721. The van der Waals surface area contributed by atoms with Crippen molar-refractivity contribution in [3.8, 4) is 0 Å². The van der Waals surface area contributed by atoms with Gasteiger partial charge in [-0.3, -0.25) is 9.69 Å². The van der Waals surface area contributed by atoms with Gasteiger partial charge >= 0.3 is 0 Å². The molecular weight excluding hydrogens is 280 g/mol. The topological polar surface area (TPSA) is 64.2 Å². The second kappa shape index (κ2) is 5.35. The van der Waals surface area contributed by atoms with E-state index < -0.39 is 0 Å². The summed E-state index contributed by atoms with van der Waals surface area (Å²) in [5.74, 6) is 2.41. The standard InChI is InChI=1S/C16H20N4O2/c1-11-5-6-16(21)20(18-11)9-12-7-19(8-12)10-15-17-13-3-2-4-14(13)22-15/h5-6,12H,2-4,7-10H2,1H3. The number of rotatable bonds is 4. The van der Waals surface area contributed by atoms with E-state index in [0.717, 1.165) is 55.5 Å². The molecule has 1 aliphatic carbocycles. The Morgan fingerprint density at radius 1 is 1.32 bits per heavy atom. The van der Waals surface area contributed by atoms with Crippen LogP contribution in [0.5, 0.6) is 0 Å². The molecule has 0 N–H and O–H groups in total. The van der Waals surface area contributed by atoms with Crippen LogP contribution in [0.2, 0.25) is 0 Å². The number of fused-ring (bicyclic) bond motifs is 1. The lowest BCUT2D eigenvalue weighted by Gasteiger charge is -2.38. The summed E-state index contributed by atoms with van der Waals surface area (Å²) >= 11 is 0. The molecule has 6 heteroatoms. The van der Waals surface area contributed by atoms with Gasteiger partial charge in [0.2, 0.25) is 5.89 Å². The van der Waals surface area contributed by atoms with E-state index in [-0.39, 0.29) is 5.56 Å². The molecule has 0 unspecified atom stereocenters. The fourth-order valence-electron chi connectivity index (χ4n) is 3.35. The monoisotopic (exact) mass is 300 g/mol. The molecule has 3 heterocycles. The van der Waals surface area contributed by atoms with Crippen LogP contribution in [0.1, 0.15) is 29.5 Å². The van der Waals surface area contributed by atoms with Crippen molar-refractivity contribution < 1.29 is 4.42 Å². The summed E-state index contributed by atoms with van der Waals surface area (Å²) in [5.41, 5.74) is 2.01. The Morgan fingerprint density at radius 2 is 2.18 bits per heavy atom. The van der Waals surface area contributed by atoms with Crippen LogP contribution in [0.4, 0.5) is 0 Å². The zero-order valence-corrected chi connectivity index (χ0v) is 12.8. The van der Waals surface area contributed by atoms with E-state index in [1.807, 2.05) is 6.92 Å². The van der Waals surface area contributed by atoms with Crippen molar-refractivity contribution >= 4 is 0 Å². The highest BCUT2D eigenvalue weighted by atomic mass is 16.4. The van der Waals surface area contributed by atoms with Crippen LogP contribution >= 0.6 is 0 Å². The fourth-order valence-corrected chi connectivity index (χ4v) is 3.35. The van der Waals surface area contributed by atoms with Gasteiger partial charge in [0, 0.05) is 31.5 Å². The number of oxazole rings is 1. The van der Waals surface area contributed by atoms with Crippen LogP contribution in [0.3, 0.4) is 0 Å². The summed E-state index contributed by atoms with van der Waals surface area (Å²) in [6, 6.07) is 3.35. The third-order valence-electron chi connectivity index (χ3n) is 4.46. The molecule has 0 bridgehead atoms. The molecule has 2 aliphatic rings. The van der Waals surface area contributed by atoms with E-state index in [2.05, 4.69) is 15.0 Å². The zero-order valence-electron chi connectivity index (χ0n) is 12.8. The van der Waals surface area contributed by atoms with Gasteiger partial charge in [-0.25, -0.2) is 9.67 Å². The molecule has 0 amide bonds. The van der Waals surface area contributed by atoms with Crippen LogP contribution in [0, 0.1) is 12.8 Å². The summed E-state index contributed by atoms with van der Waals surface area (Å²) in [4.78, 5) is 18.6. The van der Waals surface area contributed by atoms with Crippen molar-refractivity contribution in [1.29, 1.82) is 0 Å². The smallest absolute Gasteiger partial charge is 0.266 e. The Kier molecular flexibility index (Phi) is 3.33. The molecule has 22 heavy (non-hydrogen) atoms. The SMILES string of the molecule is Cc1ccc(=O)n(CC2CN(Cc3nc4c(o3)CCC4)C2)n1. The molecule has 0 aromatic carbocycles. The lowest BCUT2D eigenvalue weighted by molar-refractivity contribution is 0.0675. The van der Waals surface area contributed by atoms with Crippen molar-refractivity contribution in [2.24, 2.45) is 5.92 Å². The number of likely N-dealkylation sites (tertiary alicyclic amines) is 1. The van der Waals surface area contributed by atoms with Gasteiger partial charge < -0.3 is 4.42 Å². The number of aromatic nitrogens is 3. The van der Waals surface area contributed by atoms with E-state index in [0.29, 0.717) is 12.5 Å². The van der Waals surface area contributed by atoms with E-state index in [9.17, 15) is 4.79 Å². The van der Waals surface area contributed by atoms with Gasteiger partial charge in [0.25, 0.3) is 5.56 Å². The molecule has 6 nitrogen and oxygen atoms in total. The molecule has 2 aromatic rings. The third-order valence-corrected chi connectivity index (χ3v) is 4.46. The highest BCUT2D eigenvalue weighted by molar-refractivity contribution is 5.15. The molecule has 116 valence electrons. The lowest BCUT2D eigenvalue weighted by atomic mass is 10.0. The Balaban J connectivity index is 1.32. The van der Waals surface area contributed by atoms with E-state index in [1.165, 1.54) is 6.42 Å². The first-order chi connectivity index (χ1) is 10.7. The van der Waals surface area contributed by atoms with Gasteiger partial charge in [0.15, 0.2) is 0 Å². The first-order valence-electron chi connectivity index (χ1n) is 7.92. The van der Waals surface area contributed by atoms with E-state index in [1.54, 1.807) is 16.8 Å². The molecule has 4 rings (SSSR count). The van der Waals surface area contributed by atoms with Crippen LogP contribution < -0.4 is 5.56 Å². The van der Waals surface area contributed by atoms with Crippen LogP contribution in [-0.4, -0.2) is 32.8 Å². The second-order valence-corrected chi connectivity index (χ2v) is 6.39. The molecular formula is C16H20N4O2. The largest absolute Gasteiger partial charge is 0.444 e. The predicted molar refractivity (Wildman–Crippen MR) is 80.5 cm³/mol. The minimum absolute atomic E-state index is 0.0202. The van der Waals surface area contributed by atoms with Crippen molar-refractivity contribution in [1.82, 2.24) is 19.7 Å². The molecule has 1 fully saturated rings. The Labute approximate surface area is 128 Å². The van der Waals surface area contributed by atoms with Gasteiger partial charge in [-0.05, 0) is 25.8 Å². The molecule has 0 saturated carbocycles. The maximum absolute atomic E-state index is 11.8. The van der Waals surface area contributed by atoms with E-state index in [4.69, 9.17) is 4.42 Å². The zero-order chi connectivity index (χ0) is 15.1. The third kappa shape index (κ3) is 2.59. The van der Waals surface area contributed by atoms with Crippen LogP contribution in [0.25, 0.3) is 0 Å². The lowest BCUT2D eigenvalue weighted by Crippen LogP contribution is -2.49. The maximum Gasteiger partial charge on any atom is 0.266 e. The van der Waals surface area contributed by atoms with Gasteiger partial charge in [0.05, 0.1) is 24.5 Å². The normalized spacial score (nSPS) is 18.4. The highest BCUT2D eigenvalue weighted by Gasteiger charge is 2.29. The summed E-state index contributed by atoms with van der Waals surface area (Å²) in [5, 5.41) is 4.29. The highest BCUT2D eigenvalue weighted by Crippen LogP contribution is 2.25. The summed E-state index contributed by atoms with van der Waals surface area (Å²) in [6.45, 7) is 5.31. The Hall–Kier alpha value is -1.95. The predicted octanol–water partition coefficient (Wildman–Crippen LogP) is 1.16. The van der Waals surface area contributed by atoms with Gasteiger partial charge in [-0.1, -0.05) is 0 Å². The van der Waals surface area contributed by atoms with Crippen molar-refractivity contribution in [3.05, 3.63) is 45.5 Å². The molecule has 2 aromatic heterocycles. The molecule has 0 atom stereocenters. The van der Waals surface area contributed by atoms with Crippen LogP contribution in [-0.2, 0) is 25.9 Å². The molecule has 1 aliphatic heterocycles. The molecule has 0 spiro atoms. The van der Waals surface area contributed by atoms with Gasteiger partial charge in [0.1, 0.15) is 5.76 Å². The quantitative estimate of drug-likeness (QED) is 0.848. The van der Waals surface area contributed by atoms with Crippen molar-refractivity contribution in [3.63, 3.8) is 0 Å². The van der Waals surface area contributed by atoms with Crippen molar-refractivity contribution in [2.75, 3.05) is 13.1 Å². The molecule has 0 radical (unpaired) electrons. The second-order valence-electron chi connectivity index (χ2n) is 6.39. The van der Waals surface area contributed by atoms with Crippen molar-refractivity contribution in [2.45, 2.75) is 39.3 Å². The number of hydrogen-bond acceptors (Lipinski definition) is 5. The molecule has 1 saturated heterocycles. The first kappa shape index (κ1) is 13.7. The fraction of sp³-hybridized carbons (Fsp3) is 0.562. The Morgan fingerprint density at radius 3 is 3.00 bits per heavy atom. The number of hydrogen-bond donors (Lipinski definition) is 0. The first-order valence-corrected chi connectivity index (χ1v) is 7.92. The van der Waals surface area contributed by atoms with Gasteiger partial charge in [-0.2, -0.15) is 5.10 Å². The average molecular weight is 300 g/mol. The van der Waals surface area contributed by atoms with Crippen LogP contribution in [0.15, 0.2) is 21.3 Å². The number of nitrogens with zero attached hydrogens (tertiary/aromatic N) is 4. The summed E-state index contributed by atoms with van der Waals surface area (Å²) in [7, 11) is 0. The summed E-state index contributed by atoms with van der Waals surface area (Å²) < 4.78 is 7.38. The van der Waals surface area contributed by atoms with E-state index >= 15 is 0 Å². The average Bonchev–Trinajstić information content (AvgIpc) is 3.01. The van der Waals surface area contributed by atoms with Gasteiger partial charge in [-0.15, -0.1) is 0 Å². The summed E-state index contributed by atoms with van der Waals surface area (Å²) in [6.07, 6.45) is 3.27. The maximum atomic E-state index is 11.8. The minimum Gasteiger partial charge on any atom is -0.444 e. The number of aryl methyl sites for hydroxylation is 3. The minimum atomic E-state index is -0.0202.